The van der Waals surface area contributed by atoms with Gasteiger partial charge in [0.15, 0.2) is 0 Å². The lowest BCUT2D eigenvalue weighted by Crippen LogP contribution is -2.43. The van der Waals surface area contributed by atoms with Gasteiger partial charge in [0.2, 0.25) is 5.91 Å². The Morgan fingerprint density at radius 3 is 2.65 bits per heavy atom. The van der Waals surface area contributed by atoms with Crippen LogP contribution in [-0.4, -0.2) is 51.8 Å². The van der Waals surface area contributed by atoms with Crippen LogP contribution in [0.1, 0.15) is 35.2 Å². The van der Waals surface area contributed by atoms with Crippen molar-refractivity contribution >= 4 is 42.1 Å². The highest BCUT2D eigenvalue weighted by Gasteiger charge is 2.38. The Morgan fingerprint density at radius 2 is 2.04 bits per heavy atom. The van der Waals surface area contributed by atoms with Crippen LogP contribution in [0.2, 0.25) is 0 Å². The molecule has 2 aliphatic heterocycles. The molecule has 0 bridgehead atoms. The third-order valence-corrected chi connectivity index (χ3v) is 6.23. The van der Waals surface area contributed by atoms with Gasteiger partial charge in [-0.25, -0.2) is 4.98 Å². The SMILES string of the molecule is Cl.Cl.Cn1cc([C@H]2CNC[C@@H]2C(=O)N2CCC(c3nccs3)CC2)cn1. The van der Waals surface area contributed by atoms with E-state index < -0.39 is 0 Å². The van der Waals surface area contributed by atoms with Crippen LogP contribution in [0.5, 0.6) is 0 Å². The summed E-state index contributed by atoms with van der Waals surface area (Å²) in [6.07, 6.45) is 7.85. The van der Waals surface area contributed by atoms with Crippen molar-refractivity contribution in [2.24, 2.45) is 13.0 Å². The number of hydrogen-bond donors (Lipinski definition) is 1. The summed E-state index contributed by atoms with van der Waals surface area (Å²) in [6.45, 7) is 3.32. The van der Waals surface area contributed by atoms with Crippen LogP contribution in [0.4, 0.5) is 0 Å². The number of aryl methyl sites for hydroxylation is 1. The Bertz CT molecular complexity index is 700. The van der Waals surface area contributed by atoms with Crippen molar-refractivity contribution in [1.29, 1.82) is 0 Å². The minimum Gasteiger partial charge on any atom is -0.342 e. The summed E-state index contributed by atoms with van der Waals surface area (Å²) in [7, 11) is 1.92. The fourth-order valence-corrected chi connectivity index (χ4v) is 4.75. The van der Waals surface area contributed by atoms with E-state index in [2.05, 4.69) is 20.3 Å². The highest BCUT2D eigenvalue weighted by Crippen LogP contribution is 2.33. The van der Waals surface area contributed by atoms with Crippen molar-refractivity contribution in [3.8, 4) is 0 Å². The molecule has 2 aromatic heterocycles. The molecule has 0 unspecified atom stereocenters. The molecule has 2 atom stereocenters. The van der Waals surface area contributed by atoms with Crippen LogP contribution in [0, 0.1) is 5.92 Å². The number of carbonyl (C=O) groups excluding carboxylic acids is 1. The molecule has 4 heterocycles. The van der Waals surface area contributed by atoms with Crippen molar-refractivity contribution < 1.29 is 4.79 Å². The Balaban J connectivity index is 0.00000121. The minimum atomic E-state index is 0. The summed E-state index contributed by atoms with van der Waals surface area (Å²) in [5, 5.41) is 10.9. The maximum absolute atomic E-state index is 13.0. The van der Waals surface area contributed by atoms with Gasteiger partial charge in [-0.1, -0.05) is 0 Å². The van der Waals surface area contributed by atoms with Crippen LogP contribution in [0.15, 0.2) is 24.0 Å². The zero-order valence-corrected chi connectivity index (χ0v) is 17.2. The molecule has 0 spiro atoms. The Hall–Kier alpha value is -1.15. The molecule has 2 fully saturated rings. The number of nitrogens with zero attached hydrogens (tertiary/aromatic N) is 4. The van der Waals surface area contributed by atoms with E-state index in [1.165, 1.54) is 10.6 Å². The molecule has 9 heteroatoms. The van der Waals surface area contributed by atoms with Gasteiger partial charge >= 0.3 is 0 Å². The lowest BCUT2D eigenvalue weighted by atomic mass is 9.88. The predicted molar refractivity (Wildman–Crippen MR) is 107 cm³/mol. The molecule has 144 valence electrons. The van der Waals surface area contributed by atoms with Crippen LogP contribution >= 0.6 is 36.2 Å². The van der Waals surface area contributed by atoms with Gasteiger partial charge in [-0.2, -0.15) is 5.10 Å². The summed E-state index contributed by atoms with van der Waals surface area (Å²) < 4.78 is 1.81. The fourth-order valence-electron chi connectivity index (χ4n) is 3.94. The van der Waals surface area contributed by atoms with Gasteiger partial charge in [0.25, 0.3) is 0 Å². The molecule has 0 radical (unpaired) electrons. The van der Waals surface area contributed by atoms with Gasteiger partial charge < -0.3 is 10.2 Å². The Kier molecular flexibility index (Phi) is 7.46. The van der Waals surface area contributed by atoms with Gasteiger partial charge in [-0.15, -0.1) is 36.2 Å². The van der Waals surface area contributed by atoms with E-state index in [0.717, 1.165) is 39.0 Å². The van der Waals surface area contributed by atoms with Crippen molar-refractivity contribution in [1.82, 2.24) is 25.0 Å². The maximum Gasteiger partial charge on any atom is 0.227 e. The quantitative estimate of drug-likeness (QED) is 0.832. The molecule has 1 amide bonds. The molecule has 0 saturated carbocycles. The van der Waals surface area contributed by atoms with E-state index >= 15 is 0 Å². The van der Waals surface area contributed by atoms with Gasteiger partial charge in [0.1, 0.15) is 0 Å². The molecule has 2 aliphatic rings. The maximum atomic E-state index is 13.0. The topological polar surface area (TPSA) is 63.1 Å². The number of likely N-dealkylation sites (tertiary alicyclic amines) is 1. The van der Waals surface area contributed by atoms with E-state index in [1.807, 2.05) is 35.7 Å². The molecule has 0 aliphatic carbocycles. The van der Waals surface area contributed by atoms with Crippen LogP contribution in [-0.2, 0) is 11.8 Å². The average Bonchev–Trinajstić information content (AvgIpc) is 3.35. The molecular weight excluding hydrogens is 393 g/mol. The van der Waals surface area contributed by atoms with Crippen molar-refractivity contribution in [2.45, 2.75) is 24.7 Å². The molecule has 6 nitrogen and oxygen atoms in total. The fraction of sp³-hybridized carbons (Fsp3) is 0.588. The Morgan fingerprint density at radius 1 is 1.27 bits per heavy atom. The number of aromatic nitrogens is 3. The number of piperidine rings is 1. The normalized spacial score (nSPS) is 23.3. The summed E-state index contributed by atoms with van der Waals surface area (Å²) >= 11 is 1.73. The third-order valence-electron chi connectivity index (χ3n) is 5.29. The van der Waals surface area contributed by atoms with Crippen molar-refractivity contribution in [3.05, 3.63) is 34.5 Å². The minimum absolute atomic E-state index is 0. The highest BCUT2D eigenvalue weighted by molar-refractivity contribution is 7.09. The van der Waals surface area contributed by atoms with Crippen molar-refractivity contribution in [3.63, 3.8) is 0 Å². The summed E-state index contributed by atoms with van der Waals surface area (Å²) in [5.41, 5.74) is 1.17. The molecule has 2 aromatic rings. The molecule has 26 heavy (non-hydrogen) atoms. The van der Waals surface area contributed by atoms with Crippen LogP contribution in [0.3, 0.4) is 0 Å². The number of thiazole rings is 1. The predicted octanol–water partition coefficient (Wildman–Crippen LogP) is 2.43. The second-order valence-corrected chi connectivity index (χ2v) is 7.71. The molecule has 0 aromatic carbocycles. The number of rotatable bonds is 3. The second kappa shape index (κ2) is 9.17. The Labute approximate surface area is 170 Å². The number of carbonyl (C=O) groups is 1. The molecule has 4 rings (SSSR count). The van der Waals surface area contributed by atoms with E-state index in [4.69, 9.17) is 0 Å². The average molecular weight is 418 g/mol. The van der Waals surface area contributed by atoms with Gasteiger partial charge in [-0.3, -0.25) is 9.48 Å². The first-order valence-corrected chi connectivity index (χ1v) is 9.48. The highest BCUT2D eigenvalue weighted by atomic mass is 35.5. The summed E-state index contributed by atoms with van der Waals surface area (Å²) in [4.78, 5) is 19.5. The van der Waals surface area contributed by atoms with E-state index in [-0.39, 0.29) is 36.6 Å². The summed E-state index contributed by atoms with van der Waals surface area (Å²) in [5.74, 6) is 1.09. The zero-order valence-electron chi connectivity index (χ0n) is 14.7. The molecule has 1 N–H and O–H groups in total. The first-order chi connectivity index (χ1) is 11.7. The first kappa shape index (κ1) is 21.2. The zero-order chi connectivity index (χ0) is 16.5. The molecular formula is C17H25Cl2N5OS. The monoisotopic (exact) mass is 417 g/mol. The van der Waals surface area contributed by atoms with Crippen molar-refractivity contribution in [2.75, 3.05) is 26.2 Å². The van der Waals surface area contributed by atoms with E-state index in [1.54, 1.807) is 11.3 Å². The standard InChI is InChI=1S/C17H23N5OS.2ClH/c1-21-11-13(8-20-21)14-9-18-10-15(14)17(23)22-5-2-12(3-6-22)16-19-4-7-24-16;;/h4,7-8,11-12,14-15,18H,2-3,5-6,9-10H2,1H3;2*1H/t14-,15+;;/m1../s1. The number of amides is 1. The summed E-state index contributed by atoms with van der Waals surface area (Å²) in [6, 6.07) is 0. The van der Waals surface area contributed by atoms with Crippen LogP contribution < -0.4 is 5.32 Å². The number of nitrogens with one attached hydrogen (secondary N) is 1. The third kappa shape index (κ3) is 4.22. The number of hydrogen-bond acceptors (Lipinski definition) is 5. The van der Waals surface area contributed by atoms with Gasteiger partial charge in [-0.05, 0) is 18.4 Å². The molecule has 2 saturated heterocycles. The first-order valence-electron chi connectivity index (χ1n) is 8.60. The lowest BCUT2D eigenvalue weighted by molar-refractivity contribution is -0.136. The number of halogens is 2. The van der Waals surface area contributed by atoms with E-state index in [0.29, 0.717) is 11.8 Å². The van der Waals surface area contributed by atoms with Gasteiger partial charge in [0, 0.05) is 62.8 Å². The van der Waals surface area contributed by atoms with E-state index in [9.17, 15) is 4.79 Å². The van der Waals surface area contributed by atoms with Gasteiger partial charge in [0.05, 0.1) is 17.1 Å². The van der Waals surface area contributed by atoms with Crippen LogP contribution in [0.25, 0.3) is 0 Å². The smallest absolute Gasteiger partial charge is 0.227 e. The second-order valence-electron chi connectivity index (χ2n) is 6.79. The lowest BCUT2D eigenvalue weighted by Gasteiger charge is -2.33. The largest absolute Gasteiger partial charge is 0.342 e.